The van der Waals surface area contributed by atoms with Crippen LogP contribution in [0.3, 0.4) is 0 Å². The second-order valence-corrected chi connectivity index (χ2v) is 8.56. The molecule has 0 aliphatic carbocycles. The molecule has 30 heavy (non-hydrogen) atoms. The maximum absolute atomic E-state index is 12.7. The number of nitrogens with one attached hydrogen (secondary N) is 1. The lowest BCUT2D eigenvalue weighted by atomic mass is 9.96. The summed E-state index contributed by atoms with van der Waals surface area (Å²) < 4.78 is 4.70. The van der Waals surface area contributed by atoms with E-state index in [4.69, 9.17) is 4.74 Å². The van der Waals surface area contributed by atoms with Gasteiger partial charge in [-0.2, -0.15) is 0 Å². The van der Waals surface area contributed by atoms with Crippen LogP contribution in [0.15, 0.2) is 30.5 Å². The number of anilines is 1. The number of likely N-dealkylation sites (tertiary alicyclic amines) is 1. The molecule has 1 saturated heterocycles. The second-order valence-electron chi connectivity index (χ2n) is 7.37. The number of piperidine rings is 1. The van der Waals surface area contributed by atoms with Gasteiger partial charge in [0, 0.05) is 23.1 Å². The SMILES string of the molecule is COC(=O)CN1CCC(C(=O)Nc2cc3cc(-c4nnc(C)s4)ccc3cn2)CC1. The van der Waals surface area contributed by atoms with Gasteiger partial charge in [-0.05, 0) is 50.4 Å². The summed E-state index contributed by atoms with van der Waals surface area (Å²) in [7, 11) is 1.39. The Labute approximate surface area is 178 Å². The first-order valence-electron chi connectivity index (χ1n) is 9.82. The first-order chi connectivity index (χ1) is 14.5. The van der Waals surface area contributed by atoms with Crippen molar-refractivity contribution in [3.05, 3.63) is 35.5 Å². The Kier molecular flexibility index (Phi) is 6.01. The molecular formula is C21H23N5O3S. The van der Waals surface area contributed by atoms with Crippen molar-refractivity contribution in [3.8, 4) is 10.6 Å². The lowest BCUT2D eigenvalue weighted by Gasteiger charge is -2.30. The van der Waals surface area contributed by atoms with Gasteiger partial charge in [-0.1, -0.05) is 23.5 Å². The third kappa shape index (κ3) is 4.63. The number of carbonyl (C=O) groups excluding carboxylic acids is 2. The van der Waals surface area contributed by atoms with Crippen LogP contribution in [0.4, 0.5) is 5.82 Å². The molecule has 1 aromatic carbocycles. The number of pyridine rings is 1. The van der Waals surface area contributed by atoms with Crippen molar-refractivity contribution in [1.29, 1.82) is 0 Å². The van der Waals surface area contributed by atoms with E-state index in [0.717, 1.165) is 26.4 Å². The van der Waals surface area contributed by atoms with Gasteiger partial charge in [0.1, 0.15) is 15.8 Å². The van der Waals surface area contributed by atoms with E-state index in [-0.39, 0.29) is 24.3 Å². The standard InChI is InChI=1S/C21H23N5O3S/c1-13-24-25-21(30-13)15-3-4-16-11-22-18(10-17(16)9-15)23-20(28)14-5-7-26(8-6-14)12-19(27)29-2/h3-4,9-11,14H,5-8,12H2,1-2H3,(H,22,23,28). The Hall–Kier alpha value is -2.91. The van der Waals surface area contributed by atoms with Crippen LogP contribution in [0, 0.1) is 12.8 Å². The lowest BCUT2D eigenvalue weighted by molar-refractivity contribution is -0.142. The number of ether oxygens (including phenoxy) is 1. The van der Waals surface area contributed by atoms with Crippen LogP contribution >= 0.6 is 11.3 Å². The molecule has 0 bridgehead atoms. The van der Waals surface area contributed by atoms with Gasteiger partial charge in [0.05, 0.1) is 13.7 Å². The van der Waals surface area contributed by atoms with Gasteiger partial charge in [-0.25, -0.2) is 4.98 Å². The molecule has 9 heteroatoms. The molecule has 156 valence electrons. The van der Waals surface area contributed by atoms with E-state index in [0.29, 0.717) is 31.7 Å². The van der Waals surface area contributed by atoms with Gasteiger partial charge in [0.2, 0.25) is 5.91 Å². The Balaban J connectivity index is 1.42. The molecule has 2 aromatic heterocycles. The molecule has 3 heterocycles. The third-order valence-corrected chi connectivity index (χ3v) is 6.17. The molecule has 0 saturated carbocycles. The highest BCUT2D eigenvalue weighted by Gasteiger charge is 2.26. The summed E-state index contributed by atoms with van der Waals surface area (Å²) in [6.07, 6.45) is 3.17. The normalized spacial score (nSPS) is 15.3. The number of aromatic nitrogens is 3. The van der Waals surface area contributed by atoms with Crippen LogP contribution in [-0.2, 0) is 14.3 Å². The average molecular weight is 426 g/mol. The summed E-state index contributed by atoms with van der Waals surface area (Å²) in [6.45, 7) is 3.60. The molecule has 1 aliphatic heterocycles. The van der Waals surface area contributed by atoms with Crippen LogP contribution < -0.4 is 5.32 Å². The number of carbonyl (C=O) groups is 2. The van der Waals surface area contributed by atoms with Crippen molar-refractivity contribution in [2.45, 2.75) is 19.8 Å². The zero-order valence-electron chi connectivity index (χ0n) is 16.9. The van der Waals surface area contributed by atoms with Gasteiger partial charge in [0.25, 0.3) is 0 Å². The monoisotopic (exact) mass is 425 g/mol. The number of hydrogen-bond acceptors (Lipinski definition) is 8. The van der Waals surface area contributed by atoms with E-state index in [1.807, 2.05) is 36.1 Å². The Bertz CT molecular complexity index is 1080. The van der Waals surface area contributed by atoms with E-state index in [1.165, 1.54) is 7.11 Å². The quantitative estimate of drug-likeness (QED) is 0.628. The molecule has 1 fully saturated rings. The largest absolute Gasteiger partial charge is 0.468 e. The van der Waals surface area contributed by atoms with E-state index in [9.17, 15) is 9.59 Å². The number of hydrogen-bond donors (Lipinski definition) is 1. The number of nitrogens with zero attached hydrogens (tertiary/aromatic N) is 4. The van der Waals surface area contributed by atoms with Gasteiger partial charge < -0.3 is 10.1 Å². The number of esters is 1. The van der Waals surface area contributed by atoms with Crippen LogP contribution in [0.25, 0.3) is 21.3 Å². The minimum atomic E-state index is -0.249. The number of rotatable bonds is 5. The summed E-state index contributed by atoms with van der Waals surface area (Å²) in [4.78, 5) is 30.5. The molecule has 0 radical (unpaired) electrons. The van der Waals surface area contributed by atoms with Gasteiger partial charge in [-0.15, -0.1) is 10.2 Å². The number of benzene rings is 1. The van der Waals surface area contributed by atoms with E-state index in [2.05, 4.69) is 20.5 Å². The minimum absolute atomic E-state index is 0.0320. The molecule has 4 rings (SSSR count). The molecule has 1 amide bonds. The van der Waals surface area contributed by atoms with E-state index >= 15 is 0 Å². The van der Waals surface area contributed by atoms with E-state index in [1.54, 1.807) is 17.5 Å². The number of methoxy groups -OCH3 is 1. The second kappa shape index (κ2) is 8.85. The number of aryl methyl sites for hydroxylation is 1. The van der Waals surface area contributed by atoms with Crippen LogP contribution in [0.5, 0.6) is 0 Å². The minimum Gasteiger partial charge on any atom is -0.468 e. The molecule has 1 aliphatic rings. The van der Waals surface area contributed by atoms with Crippen LogP contribution in [0.2, 0.25) is 0 Å². The van der Waals surface area contributed by atoms with Gasteiger partial charge in [-0.3, -0.25) is 14.5 Å². The zero-order chi connectivity index (χ0) is 21.1. The van der Waals surface area contributed by atoms with Crippen molar-refractivity contribution in [1.82, 2.24) is 20.1 Å². The zero-order valence-corrected chi connectivity index (χ0v) is 17.7. The number of fused-ring (bicyclic) bond motifs is 1. The van der Waals surface area contributed by atoms with Gasteiger partial charge >= 0.3 is 5.97 Å². The molecule has 0 spiro atoms. The smallest absolute Gasteiger partial charge is 0.319 e. The fraction of sp³-hybridized carbons (Fsp3) is 0.381. The summed E-state index contributed by atoms with van der Waals surface area (Å²) in [6, 6.07) is 7.93. The first-order valence-corrected chi connectivity index (χ1v) is 10.6. The molecular weight excluding hydrogens is 402 g/mol. The Morgan fingerprint density at radius 3 is 2.70 bits per heavy atom. The molecule has 8 nitrogen and oxygen atoms in total. The average Bonchev–Trinajstić information content (AvgIpc) is 3.20. The highest BCUT2D eigenvalue weighted by atomic mass is 32.1. The molecule has 1 N–H and O–H groups in total. The lowest BCUT2D eigenvalue weighted by Crippen LogP contribution is -2.40. The Morgan fingerprint density at radius 2 is 2.00 bits per heavy atom. The van der Waals surface area contributed by atoms with E-state index < -0.39 is 0 Å². The maximum atomic E-state index is 12.7. The topological polar surface area (TPSA) is 97.3 Å². The third-order valence-electron chi connectivity index (χ3n) is 5.28. The van der Waals surface area contributed by atoms with Gasteiger partial charge in [0.15, 0.2) is 0 Å². The van der Waals surface area contributed by atoms with Crippen molar-refractivity contribution in [2.75, 3.05) is 32.1 Å². The van der Waals surface area contributed by atoms with Crippen molar-refractivity contribution < 1.29 is 14.3 Å². The molecule has 3 aromatic rings. The predicted molar refractivity (Wildman–Crippen MR) is 115 cm³/mol. The van der Waals surface area contributed by atoms with Crippen molar-refractivity contribution >= 4 is 39.8 Å². The highest BCUT2D eigenvalue weighted by Crippen LogP contribution is 2.28. The fourth-order valence-electron chi connectivity index (χ4n) is 3.58. The summed E-state index contributed by atoms with van der Waals surface area (Å²) in [5, 5.41) is 15.0. The molecule has 0 unspecified atom stereocenters. The number of amides is 1. The summed E-state index contributed by atoms with van der Waals surface area (Å²) in [5.41, 5.74) is 0.995. The predicted octanol–water partition coefficient (Wildman–Crippen LogP) is 2.89. The Morgan fingerprint density at radius 1 is 1.20 bits per heavy atom. The summed E-state index contributed by atoms with van der Waals surface area (Å²) in [5.74, 6) is 0.166. The highest BCUT2D eigenvalue weighted by molar-refractivity contribution is 7.14. The summed E-state index contributed by atoms with van der Waals surface area (Å²) >= 11 is 1.55. The fourth-order valence-corrected chi connectivity index (χ4v) is 4.27. The maximum Gasteiger partial charge on any atom is 0.319 e. The first kappa shape index (κ1) is 20.4. The van der Waals surface area contributed by atoms with Crippen LogP contribution in [-0.4, -0.2) is 58.7 Å². The van der Waals surface area contributed by atoms with Crippen molar-refractivity contribution in [2.24, 2.45) is 5.92 Å². The van der Waals surface area contributed by atoms with Crippen molar-refractivity contribution in [3.63, 3.8) is 0 Å². The molecule has 0 atom stereocenters. The van der Waals surface area contributed by atoms with Crippen LogP contribution in [0.1, 0.15) is 17.8 Å².